The lowest BCUT2D eigenvalue weighted by Crippen LogP contribution is -2.48. The normalized spacial score (nSPS) is 17.3. The number of benzene rings is 2. The Morgan fingerprint density at radius 3 is 1.73 bits per heavy atom. The number of carbonyl (C=O) groups excluding carboxylic acids is 2. The fourth-order valence-corrected chi connectivity index (χ4v) is 5.13. The minimum Gasteiger partial charge on any atom is -0.333 e. The van der Waals surface area contributed by atoms with Gasteiger partial charge in [-0.2, -0.15) is 0 Å². The average Bonchev–Trinajstić information content (AvgIpc) is 2.86. The first-order valence-electron chi connectivity index (χ1n) is 12.0. The maximum atomic E-state index is 13.6. The van der Waals surface area contributed by atoms with Crippen LogP contribution in [0.1, 0.15) is 84.9 Å². The average molecular weight is 450 g/mol. The van der Waals surface area contributed by atoms with Gasteiger partial charge in [-0.25, -0.2) is 0 Å². The molecule has 2 aliphatic carbocycles. The number of nitro benzene ring substituents is 1. The summed E-state index contributed by atoms with van der Waals surface area (Å²) in [6, 6.07) is 13.2. The van der Waals surface area contributed by atoms with Crippen LogP contribution in [0, 0.1) is 10.1 Å². The number of rotatable bonds is 6. The Balaban J connectivity index is 1.46. The number of non-ortho nitro benzene ring substituents is 1. The van der Waals surface area contributed by atoms with Crippen molar-refractivity contribution >= 4 is 23.2 Å². The van der Waals surface area contributed by atoms with Crippen LogP contribution < -0.4 is 5.32 Å². The summed E-state index contributed by atoms with van der Waals surface area (Å²) >= 11 is 0. The van der Waals surface area contributed by atoms with Crippen LogP contribution in [0.3, 0.4) is 0 Å². The maximum Gasteiger partial charge on any atom is 0.269 e. The van der Waals surface area contributed by atoms with E-state index in [-0.39, 0.29) is 17.5 Å². The number of nitro groups is 1. The van der Waals surface area contributed by atoms with E-state index in [9.17, 15) is 19.7 Å². The zero-order chi connectivity index (χ0) is 23.2. The van der Waals surface area contributed by atoms with Crippen LogP contribution in [0.4, 0.5) is 11.4 Å². The maximum absolute atomic E-state index is 13.6. The molecular weight excluding hydrogens is 418 g/mol. The van der Waals surface area contributed by atoms with Crippen LogP contribution >= 0.6 is 0 Å². The van der Waals surface area contributed by atoms with Crippen molar-refractivity contribution < 1.29 is 14.5 Å². The van der Waals surface area contributed by atoms with E-state index in [1.807, 2.05) is 0 Å². The molecule has 0 atom stereocenters. The standard InChI is InChI=1S/C26H31N3O4/c30-25(27-21-15-17-24(18-16-21)29(32)33)19-11-13-20(14-12-19)26(31)28(22-7-3-1-4-8-22)23-9-5-2-6-10-23/h11-18,22-23H,1-10H2,(H,27,30). The molecule has 4 rings (SSSR count). The lowest BCUT2D eigenvalue weighted by molar-refractivity contribution is -0.384. The number of hydrogen-bond acceptors (Lipinski definition) is 4. The molecule has 0 spiro atoms. The highest BCUT2D eigenvalue weighted by molar-refractivity contribution is 6.05. The van der Waals surface area contributed by atoms with Crippen LogP contribution in [0.15, 0.2) is 48.5 Å². The summed E-state index contributed by atoms with van der Waals surface area (Å²) in [5.41, 5.74) is 1.51. The molecule has 2 saturated carbocycles. The van der Waals surface area contributed by atoms with Crippen molar-refractivity contribution in [3.8, 4) is 0 Å². The van der Waals surface area contributed by atoms with Gasteiger partial charge in [-0.1, -0.05) is 38.5 Å². The monoisotopic (exact) mass is 449 g/mol. The molecule has 2 aliphatic rings. The van der Waals surface area contributed by atoms with E-state index in [2.05, 4.69) is 10.2 Å². The van der Waals surface area contributed by atoms with Crippen molar-refractivity contribution in [1.29, 1.82) is 0 Å². The summed E-state index contributed by atoms with van der Waals surface area (Å²) in [6.07, 6.45) is 11.6. The Morgan fingerprint density at radius 2 is 1.24 bits per heavy atom. The first kappa shape index (κ1) is 23.0. The van der Waals surface area contributed by atoms with Gasteiger partial charge in [-0.3, -0.25) is 19.7 Å². The zero-order valence-electron chi connectivity index (χ0n) is 18.9. The molecule has 0 bridgehead atoms. The van der Waals surface area contributed by atoms with Crippen molar-refractivity contribution in [1.82, 2.24) is 4.90 Å². The van der Waals surface area contributed by atoms with Gasteiger partial charge in [0.25, 0.3) is 17.5 Å². The number of nitrogens with zero attached hydrogens (tertiary/aromatic N) is 2. The minimum atomic E-state index is -0.481. The van der Waals surface area contributed by atoms with Crippen LogP contribution in [0.2, 0.25) is 0 Å². The van der Waals surface area contributed by atoms with Crippen molar-refractivity contribution in [2.75, 3.05) is 5.32 Å². The lowest BCUT2D eigenvalue weighted by Gasteiger charge is -2.42. The molecule has 0 aromatic heterocycles. The van der Waals surface area contributed by atoms with Crippen LogP contribution in [-0.2, 0) is 0 Å². The lowest BCUT2D eigenvalue weighted by atomic mass is 9.88. The van der Waals surface area contributed by atoms with Crippen LogP contribution in [0.25, 0.3) is 0 Å². The van der Waals surface area contributed by atoms with E-state index >= 15 is 0 Å². The van der Waals surface area contributed by atoms with E-state index in [1.165, 1.54) is 62.8 Å². The van der Waals surface area contributed by atoms with E-state index in [0.29, 0.717) is 28.9 Å². The highest BCUT2D eigenvalue weighted by atomic mass is 16.6. The molecular formula is C26H31N3O4. The van der Waals surface area contributed by atoms with E-state index < -0.39 is 4.92 Å². The summed E-state index contributed by atoms with van der Waals surface area (Å²) in [5.74, 6) is -0.240. The second kappa shape index (κ2) is 10.6. The summed E-state index contributed by atoms with van der Waals surface area (Å²) in [7, 11) is 0. The fraction of sp³-hybridized carbons (Fsp3) is 0.462. The van der Waals surface area contributed by atoms with Crippen LogP contribution in [-0.4, -0.2) is 33.7 Å². The molecule has 2 amide bonds. The highest BCUT2D eigenvalue weighted by Crippen LogP contribution is 2.31. The molecule has 33 heavy (non-hydrogen) atoms. The second-order valence-electron chi connectivity index (χ2n) is 9.13. The number of anilines is 1. The third kappa shape index (κ3) is 5.59. The molecule has 1 N–H and O–H groups in total. The van der Waals surface area contributed by atoms with Gasteiger partial charge in [-0.15, -0.1) is 0 Å². The molecule has 2 aromatic rings. The minimum absolute atomic E-state index is 0.0312. The Bertz CT molecular complexity index is 958. The van der Waals surface area contributed by atoms with Gasteiger partial charge in [0.2, 0.25) is 0 Å². The molecule has 2 fully saturated rings. The van der Waals surface area contributed by atoms with Gasteiger partial charge in [0.05, 0.1) is 4.92 Å². The van der Waals surface area contributed by atoms with Crippen LogP contribution in [0.5, 0.6) is 0 Å². The molecule has 7 nitrogen and oxygen atoms in total. The topological polar surface area (TPSA) is 92.5 Å². The summed E-state index contributed by atoms with van der Waals surface area (Å²) < 4.78 is 0. The highest BCUT2D eigenvalue weighted by Gasteiger charge is 2.33. The van der Waals surface area contributed by atoms with Gasteiger partial charge in [-0.05, 0) is 62.1 Å². The Kier molecular flexibility index (Phi) is 7.37. The van der Waals surface area contributed by atoms with Crippen molar-refractivity contribution in [3.05, 3.63) is 69.8 Å². The first-order chi connectivity index (χ1) is 16.0. The molecule has 0 radical (unpaired) electrons. The molecule has 0 aliphatic heterocycles. The Morgan fingerprint density at radius 1 is 0.758 bits per heavy atom. The summed E-state index contributed by atoms with van der Waals surface area (Å²) in [6.45, 7) is 0. The zero-order valence-corrected chi connectivity index (χ0v) is 18.9. The van der Waals surface area contributed by atoms with Gasteiger partial charge >= 0.3 is 0 Å². The van der Waals surface area contributed by atoms with Gasteiger partial charge in [0.1, 0.15) is 0 Å². The van der Waals surface area contributed by atoms with Gasteiger partial charge in [0.15, 0.2) is 0 Å². The largest absolute Gasteiger partial charge is 0.333 e. The molecule has 174 valence electrons. The molecule has 2 aromatic carbocycles. The SMILES string of the molecule is O=C(Nc1ccc([N+](=O)[O-])cc1)c1ccc(C(=O)N(C2CCCCC2)C2CCCCC2)cc1. The van der Waals surface area contributed by atoms with Gasteiger partial charge < -0.3 is 10.2 Å². The summed E-state index contributed by atoms with van der Waals surface area (Å²) in [4.78, 5) is 38.6. The van der Waals surface area contributed by atoms with E-state index in [0.717, 1.165) is 25.7 Å². The van der Waals surface area contributed by atoms with Crippen molar-refractivity contribution in [2.24, 2.45) is 0 Å². The van der Waals surface area contributed by atoms with E-state index in [4.69, 9.17) is 0 Å². The van der Waals surface area contributed by atoms with Crippen molar-refractivity contribution in [2.45, 2.75) is 76.3 Å². The number of carbonyl (C=O) groups is 2. The van der Waals surface area contributed by atoms with Crippen molar-refractivity contribution in [3.63, 3.8) is 0 Å². The number of nitrogens with one attached hydrogen (secondary N) is 1. The fourth-order valence-electron chi connectivity index (χ4n) is 5.13. The third-order valence-electron chi connectivity index (χ3n) is 6.90. The molecule has 0 heterocycles. The first-order valence-corrected chi connectivity index (χ1v) is 12.0. The molecule has 0 saturated heterocycles. The predicted octanol–water partition coefficient (Wildman–Crippen LogP) is 5.95. The molecule has 7 heteroatoms. The Hall–Kier alpha value is -3.22. The molecule has 0 unspecified atom stereocenters. The third-order valence-corrected chi connectivity index (χ3v) is 6.90. The smallest absolute Gasteiger partial charge is 0.269 e. The predicted molar refractivity (Wildman–Crippen MR) is 127 cm³/mol. The second-order valence-corrected chi connectivity index (χ2v) is 9.13. The number of amides is 2. The number of hydrogen-bond donors (Lipinski definition) is 1. The summed E-state index contributed by atoms with van der Waals surface area (Å²) in [5, 5.41) is 13.5. The Labute approximate surface area is 194 Å². The van der Waals surface area contributed by atoms with Gasteiger partial charge in [0, 0.05) is 41.0 Å². The quantitative estimate of drug-likeness (QED) is 0.435. The van der Waals surface area contributed by atoms with E-state index in [1.54, 1.807) is 24.3 Å².